The quantitative estimate of drug-likeness (QED) is 0.432. The molecule has 1 aliphatic rings. The van der Waals surface area contributed by atoms with Crippen molar-refractivity contribution in [3.8, 4) is 0 Å². The van der Waals surface area contributed by atoms with Crippen LogP contribution < -0.4 is 4.90 Å². The number of pyridine rings is 1. The lowest BCUT2D eigenvalue weighted by molar-refractivity contribution is -0.116. The number of imide groups is 1. The van der Waals surface area contributed by atoms with Crippen molar-refractivity contribution in [1.29, 1.82) is 0 Å². The van der Waals surface area contributed by atoms with Crippen molar-refractivity contribution in [2.45, 2.75) is 16.9 Å². The average molecular weight is 467 g/mol. The van der Waals surface area contributed by atoms with Gasteiger partial charge in [0, 0.05) is 10.9 Å². The maximum Gasteiger partial charge on any atom is 0.501 e. The van der Waals surface area contributed by atoms with Gasteiger partial charge in [-0.3, -0.25) is 9.78 Å². The van der Waals surface area contributed by atoms with Gasteiger partial charge in [0.05, 0.1) is 28.8 Å². The van der Waals surface area contributed by atoms with Gasteiger partial charge in [-0.2, -0.15) is 13.2 Å². The summed E-state index contributed by atoms with van der Waals surface area (Å²) in [5, 5.41) is 0.466. The number of amides is 3. The minimum atomic E-state index is -5.57. The van der Waals surface area contributed by atoms with Crippen LogP contribution in [0.1, 0.15) is 5.56 Å². The first-order valence-corrected chi connectivity index (χ1v) is 10.5. The molecule has 0 saturated carbocycles. The molecule has 3 aromatic rings. The lowest BCUT2D eigenvalue weighted by atomic mass is 10.1. The van der Waals surface area contributed by atoms with Gasteiger partial charge in [-0.15, -0.1) is 0 Å². The maximum absolute atomic E-state index is 14.4. The number of para-hydroxylation sites is 1. The summed E-state index contributed by atoms with van der Waals surface area (Å²) in [6, 6.07) is 9.05. The number of hydrogen-bond acceptors (Lipinski definition) is 5. The van der Waals surface area contributed by atoms with E-state index in [-0.39, 0.29) is 17.8 Å². The van der Waals surface area contributed by atoms with Crippen LogP contribution in [0.3, 0.4) is 0 Å². The molecule has 1 aliphatic heterocycles. The molecule has 1 saturated heterocycles. The second-order valence-corrected chi connectivity index (χ2v) is 8.85. The Hall–Kier alpha value is -3.54. The first kappa shape index (κ1) is 21.7. The molecule has 166 valence electrons. The van der Waals surface area contributed by atoms with Crippen molar-refractivity contribution >= 4 is 38.4 Å². The van der Waals surface area contributed by atoms with E-state index in [0.717, 1.165) is 23.2 Å². The van der Waals surface area contributed by atoms with E-state index in [0.29, 0.717) is 27.9 Å². The van der Waals surface area contributed by atoms with Crippen LogP contribution in [0.25, 0.3) is 10.9 Å². The standard InChI is InChI=1S/C20H13F4N3O4S/c21-16-9-25-17-4-2-1-3-14(17)15(16)10-26-11-18(28)27(19(26)29)12-5-7-13(8-6-12)32(30,31)20(22,23)24/h1-9H,10-11H2. The van der Waals surface area contributed by atoms with Crippen LogP contribution in [-0.2, 0) is 21.2 Å². The number of fused-ring (bicyclic) bond motifs is 1. The van der Waals surface area contributed by atoms with Crippen LogP contribution in [0.2, 0.25) is 0 Å². The molecule has 0 aliphatic carbocycles. The highest BCUT2D eigenvalue weighted by Gasteiger charge is 2.47. The van der Waals surface area contributed by atoms with E-state index in [2.05, 4.69) is 4.98 Å². The van der Waals surface area contributed by atoms with Crippen LogP contribution in [0.15, 0.2) is 59.6 Å². The van der Waals surface area contributed by atoms with Gasteiger partial charge in [0.15, 0.2) is 0 Å². The number of carbonyl (C=O) groups is 2. The minimum Gasteiger partial charge on any atom is -0.310 e. The summed E-state index contributed by atoms with van der Waals surface area (Å²) < 4.78 is 75.5. The molecule has 0 radical (unpaired) electrons. The lowest BCUT2D eigenvalue weighted by Crippen LogP contribution is -2.33. The number of halogens is 4. The molecule has 0 spiro atoms. The Balaban J connectivity index is 1.61. The molecule has 3 amide bonds. The zero-order valence-electron chi connectivity index (χ0n) is 16.0. The number of hydrogen-bond donors (Lipinski definition) is 0. The number of benzene rings is 2. The fourth-order valence-corrected chi connectivity index (χ4v) is 4.12. The molecule has 12 heteroatoms. The van der Waals surface area contributed by atoms with E-state index in [1.54, 1.807) is 24.3 Å². The molecule has 0 unspecified atom stereocenters. The first-order chi connectivity index (χ1) is 15.0. The fourth-order valence-electron chi connectivity index (χ4n) is 3.36. The van der Waals surface area contributed by atoms with E-state index < -0.39 is 44.5 Å². The van der Waals surface area contributed by atoms with E-state index in [4.69, 9.17) is 0 Å². The summed E-state index contributed by atoms with van der Waals surface area (Å²) in [4.78, 5) is 30.0. The Morgan fingerprint density at radius 2 is 1.66 bits per heavy atom. The Bertz CT molecular complexity index is 1340. The monoisotopic (exact) mass is 467 g/mol. The summed E-state index contributed by atoms with van der Waals surface area (Å²) in [6.45, 7) is -0.631. The topological polar surface area (TPSA) is 87.7 Å². The summed E-state index contributed by atoms with van der Waals surface area (Å²) in [5.41, 5.74) is -4.93. The van der Waals surface area contributed by atoms with Crippen molar-refractivity contribution in [3.05, 3.63) is 66.1 Å². The largest absolute Gasteiger partial charge is 0.501 e. The Morgan fingerprint density at radius 1 is 1.00 bits per heavy atom. The van der Waals surface area contributed by atoms with Crippen molar-refractivity contribution < 1.29 is 35.6 Å². The number of anilines is 1. The Kier molecular flexibility index (Phi) is 5.12. The molecule has 0 bridgehead atoms. The highest BCUT2D eigenvalue weighted by atomic mass is 32.2. The van der Waals surface area contributed by atoms with Crippen LogP contribution >= 0.6 is 0 Å². The molecule has 7 nitrogen and oxygen atoms in total. The molecule has 2 aromatic carbocycles. The minimum absolute atomic E-state index is 0.108. The Morgan fingerprint density at radius 3 is 2.31 bits per heavy atom. The van der Waals surface area contributed by atoms with Gasteiger partial charge in [0.1, 0.15) is 12.4 Å². The third kappa shape index (κ3) is 3.55. The number of carbonyl (C=O) groups excluding carboxylic acids is 2. The smallest absolute Gasteiger partial charge is 0.310 e. The molecule has 2 heterocycles. The third-order valence-electron chi connectivity index (χ3n) is 4.93. The normalized spacial score (nSPS) is 15.1. The number of rotatable bonds is 4. The third-order valence-corrected chi connectivity index (χ3v) is 6.43. The number of aromatic nitrogens is 1. The van der Waals surface area contributed by atoms with Gasteiger partial charge in [-0.1, -0.05) is 18.2 Å². The summed E-state index contributed by atoms with van der Waals surface area (Å²) >= 11 is 0. The summed E-state index contributed by atoms with van der Waals surface area (Å²) in [5.74, 6) is -1.36. The zero-order valence-corrected chi connectivity index (χ0v) is 16.8. The van der Waals surface area contributed by atoms with E-state index in [1.165, 1.54) is 0 Å². The molecule has 32 heavy (non-hydrogen) atoms. The maximum atomic E-state index is 14.4. The fraction of sp³-hybridized carbons (Fsp3) is 0.150. The highest BCUT2D eigenvalue weighted by Crippen LogP contribution is 2.32. The SMILES string of the molecule is O=C1CN(Cc2c(F)cnc3ccccc23)C(=O)N1c1ccc(S(=O)(=O)C(F)(F)F)cc1. The van der Waals surface area contributed by atoms with Crippen LogP contribution in [0, 0.1) is 5.82 Å². The second-order valence-electron chi connectivity index (χ2n) is 6.91. The first-order valence-electron chi connectivity index (χ1n) is 9.06. The number of urea groups is 1. The molecule has 0 N–H and O–H groups in total. The van der Waals surface area contributed by atoms with Crippen LogP contribution in [-0.4, -0.2) is 42.3 Å². The number of sulfone groups is 1. The number of nitrogens with zero attached hydrogens (tertiary/aromatic N) is 3. The van der Waals surface area contributed by atoms with Gasteiger partial charge in [0.25, 0.3) is 15.7 Å². The van der Waals surface area contributed by atoms with Crippen LogP contribution in [0.4, 0.5) is 28.0 Å². The van der Waals surface area contributed by atoms with E-state index >= 15 is 0 Å². The van der Waals surface area contributed by atoms with Gasteiger partial charge in [-0.05, 0) is 30.3 Å². The Labute approximate surface area is 178 Å². The highest BCUT2D eigenvalue weighted by molar-refractivity contribution is 7.92. The molecule has 4 rings (SSSR count). The average Bonchev–Trinajstić information content (AvgIpc) is 3.02. The molecule has 0 atom stereocenters. The second kappa shape index (κ2) is 7.55. The van der Waals surface area contributed by atoms with Crippen molar-refractivity contribution in [2.75, 3.05) is 11.4 Å². The van der Waals surface area contributed by atoms with Gasteiger partial charge < -0.3 is 4.90 Å². The van der Waals surface area contributed by atoms with E-state index in [9.17, 15) is 35.6 Å². The summed E-state index contributed by atoms with van der Waals surface area (Å²) in [6.07, 6.45) is 1.01. The van der Waals surface area contributed by atoms with Crippen LogP contribution in [0.5, 0.6) is 0 Å². The van der Waals surface area contributed by atoms with Crippen molar-refractivity contribution in [3.63, 3.8) is 0 Å². The molecular formula is C20H13F4N3O4S. The molecule has 1 aromatic heterocycles. The van der Waals surface area contributed by atoms with Crippen molar-refractivity contribution in [2.24, 2.45) is 0 Å². The predicted molar refractivity (Wildman–Crippen MR) is 105 cm³/mol. The number of alkyl halides is 3. The van der Waals surface area contributed by atoms with Gasteiger partial charge in [-0.25, -0.2) is 22.5 Å². The summed E-state index contributed by atoms with van der Waals surface area (Å²) in [7, 11) is -5.57. The lowest BCUT2D eigenvalue weighted by Gasteiger charge is -2.18. The zero-order chi connectivity index (χ0) is 23.3. The molecule has 1 fully saturated rings. The van der Waals surface area contributed by atoms with Crippen molar-refractivity contribution in [1.82, 2.24) is 9.88 Å². The molecular weight excluding hydrogens is 454 g/mol. The van der Waals surface area contributed by atoms with Gasteiger partial charge >= 0.3 is 11.5 Å². The van der Waals surface area contributed by atoms with Gasteiger partial charge in [0.2, 0.25) is 0 Å². The van der Waals surface area contributed by atoms with E-state index in [1.807, 2.05) is 0 Å². The predicted octanol–water partition coefficient (Wildman–Crippen LogP) is 3.64.